The SMILES string of the molecule is c1ccc(-c2nc(-c3ccccc3)nc(-c3c(-c4ccc(-c5ccc6c(c5)oc5cc7c#cccc7cc56)cc4)c4ccccc4c4ccccc34)n2)cc#1. The Bertz CT molecular complexity index is 3180. The first-order valence-corrected chi connectivity index (χ1v) is 18.2. The van der Waals surface area contributed by atoms with E-state index in [0.717, 1.165) is 87.8 Å². The van der Waals surface area contributed by atoms with Crippen molar-refractivity contribution >= 4 is 54.3 Å². The van der Waals surface area contributed by atoms with Gasteiger partial charge < -0.3 is 4.42 Å². The third kappa shape index (κ3) is 5.17. The van der Waals surface area contributed by atoms with Crippen molar-refractivity contribution < 1.29 is 4.42 Å². The predicted molar refractivity (Wildman–Crippen MR) is 222 cm³/mol. The fourth-order valence-electron chi connectivity index (χ4n) is 7.84. The molecule has 0 saturated carbocycles. The number of rotatable bonds is 5. The molecule has 11 rings (SSSR count). The van der Waals surface area contributed by atoms with E-state index in [1.807, 2.05) is 54.6 Å². The van der Waals surface area contributed by atoms with Gasteiger partial charge in [-0.25, -0.2) is 15.0 Å². The zero-order valence-electron chi connectivity index (χ0n) is 29.3. The number of hydrogen-bond donors (Lipinski definition) is 0. The maximum absolute atomic E-state index is 6.40. The summed E-state index contributed by atoms with van der Waals surface area (Å²) in [6.45, 7) is 0. The molecule has 2 aromatic heterocycles. The predicted octanol–water partition coefficient (Wildman–Crippen LogP) is 12.8. The van der Waals surface area contributed by atoms with E-state index in [9.17, 15) is 0 Å². The number of fused-ring (bicyclic) bond motifs is 7. The third-order valence-corrected chi connectivity index (χ3v) is 10.4. The molecule has 4 heteroatoms. The maximum atomic E-state index is 6.40. The number of benzene rings is 7. The second-order valence-corrected chi connectivity index (χ2v) is 13.7. The average molecular weight is 698 g/mol. The van der Waals surface area contributed by atoms with Crippen LogP contribution in [0.2, 0.25) is 0 Å². The Balaban J connectivity index is 1.11. The number of hydrogen-bond acceptors (Lipinski definition) is 4. The van der Waals surface area contributed by atoms with Gasteiger partial charge in [-0.15, -0.1) is 0 Å². The number of aromatic nitrogens is 3. The van der Waals surface area contributed by atoms with Crippen LogP contribution in [-0.4, -0.2) is 15.0 Å². The molecule has 9 aromatic carbocycles. The molecule has 55 heavy (non-hydrogen) atoms. The molecule has 0 atom stereocenters. The zero-order valence-corrected chi connectivity index (χ0v) is 29.3. The minimum absolute atomic E-state index is 0.582. The van der Waals surface area contributed by atoms with Gasteiger partial charge in [0.25, 0.3) is 0 Å². The third-order valence-electron chi connectivity index (χ3n) is 10.4. The highest BCUT2D eigenvalue weighted by molar-refractivity contribution is 6.21. The second-order valence-electron chi connectivity index (χ2n) is 13.7. The Morgan fingerprint density at radius 2 is 1.02 bits per heavy atom. The van der Waals surface area contributed by atoms with Crippen LogP contribution in [0.15, 0.2) is 168 Å². The molecule has 0 fully saturated rings. The van der Waals surface area contributed by atoms with Crippen molar-refractivity contribution in [2.24, 2.45) is 0 Å². The Labute approximate surface area is 317 Å². The summed E-state index contributed by atoms with van der Waals surface area (Å²) in [5.74, 6) is 1.80. The Kier molecular flexibility index (Phi) is 6.95. The van der Waals surface area contributed by atoms with Crippen molar-refractivity contribution in [2.45, 2.75) is 0 Å². The van der Waals surface area contributed by atoms with E-state index in [2.05, 4.69) is 133 Å². The molecule has 0 spiro atoms. The molecule has 252 valence electrons. The molecular weight excluding hydrogens is 671 g/mol. The van der Waals surface area contributed by atoms with Crippen molar-refractivity contribution in [1.82, 2.24) is 15.0 Å². The molecular formula is C51H27N3O. The molecule has 0 aliphatic heterocycles. The van der Waals surface area contributed by atoms with Gasteiger partial charge in [-0.3, -0.25) is 0 Å². The van der Waals surface area contributed by atoms with E-state index in [1.165, 1.54) is 5.39 Å². The molecule has 0 aliphatic carbocycles. The van der Waals surface area contributed by atoms with Crippen LogP contribution in [0.4, 0.5) is 0 Å². The normalized spacial score (nSPS) is 11.3. The van der Waals surface area contributed by atoms with Gasteiger partial charge in [0.2, 0.25) is 0 Å². The van der Waals surface area contributed by atoms with Crippen LogP contribution in [0.3, 0.4) is 0 Å². The summed E-state index contributed by atoms with van der Waals surface area (Å²) in [6.07, 6.45) is 0. The fourth-order valence-corrected chi connectivity index (χ4v) is 7.84. The number of furan rings is 1. The van der Waals surface area contributed by atoms with Gasteiger partial charge in [-0.1, -0.05) is 133 Å². The molecule has 0 bridgehead atoms. The van der Waals surface area contributed by atoms with E-state index in [4.69, 9.17) is 19.4 Å². The van der Waals surface area contributed by atoms with Crippen LogP contribution in [0, 0.1) is 24.3 Å². The van der Waals surface area contributed by atoms with E-state index >= 15 is 0 Å². The van der Waals surface area contributed by atoms with Crippen molar-refractivity contribution in [3.8, 4) is 56.4 Å². The maximum Gasteiger partial charge on any atom is 0.165 e. The van der Waals surface area contributed by atoms with Gasteiger partial charge in [-0.05, 0) is 98.2 Å². The lowest BCUT2D eigenvalue weighted by Crippen LogP contribution is -2.02. The van der Waals surface area contributed by atoms with E-state index in [0.29, 0.717) is 17.5 Å². The highest BCUT2D eigenvalue weighted by atomic mass is 16.3. The molecule has 11 aromatic rings. The summed E-state index contributed by atoms with van der Waals surface area (Å²) < 4.78 is 6.40. The first-order valence-electron chi connectivity index (χ1n) is 18.2. The van der Waals surface area contributed by atoms with Crippen molar-refractivity contribution in [2.75, 3.05) is 0 Å². The van der Waals surface area contributed by atoms with Crippen LogP contribution in [0.1, 0.15) is 0 Å². The summed E-state index contributed by atoms with van der Waals surface area (Å²) in [5, 5.41) is 8.82. The lowest BCUT2D eigenvalue weighted by atomic mass is 9.87. The topological polar surface area (TPSA) is 51.8 Å². The molecule has 0 unspecified atom stereocenters. The largest absolute Gasteiger partial charge is 0.456 e. The lowest BCUT2D eigenvalue weighted by Gasteiger charge is -2.18. The van der Waals surface area contributed by atoms with Crippen molar-refractivity contribution in [3.63, 3.8) is 0 Å². The summed E-state index contributed by atoms with van der Waals surface area (Å²) in [6, 6.07) is 68.7. The van der Waals surface area contributed by atoms with Crippen LogP contribution in [0.25, 0.3) is 111 Å². The summed E-state index contributed by atoms with van der Waals surface area (Å²) in [4.78, 5) is 15.4. The van der Waals surface area contributed by atoms with Gasteiger partial charge >= 0.3 is 0 Å². The highest BCUT2D eigenvalue weighted by Gasteiger charge is 2.22. The van der Waals surface area contributed by atoms with Gasteiger partial charge in [0.1, 0.15) is 11.2 Å². The minimum Gasteiger partial charge on any atom is -0.456 e. The monoisotopic (exact) mass is 697 g/mol. The van der Waals surface area contributed by atoms with Crippen LogP contribution >= 0.6 is 0 Å². The average Bonchev–Trinajstić information content (AvgIpc) is 3.62. The quantitative estimate of drug-likeness (QED) is 0.168. The molecule has 0 N–H and O–H groups in total. The highest BCUT2D eigenvalue weighted by Crippen LogP contribution is 2.44. The Hall–Kier alpha value is -7.79. The smallest absolute Gasteiger partial charge is 0.165 e. The first-order chi connectivity index (χ1) is 27.2. The molecule has 4 nitrogen and oxygen atoms in total. The van der Waals surface area contributed by atoms with Crippen LogP contribution in [0.5, 0.6) is 0 Å². The molecule has 0 saturated heterocycles. The molecule has 0 aliphatic rings. The van der Waals surface area contributed by atoms with Gasteiger partial charge in [0, 0.05) is 38.4 Å². The van der Waals surface area contributed by atoms with E-state index in [1.54, 1.807) is 0 Å². The van der Waals surface area contributed by atoms with Gasteiger partial charge in [0.15, 0.2) is 17.5 Å². The van der Waals surface area contributed by atoms with E-state index in [-0.39, 0.29) is 0 Å². The van der Waals surface area contributed by atoms with Crippen molar-refractivity contribution in [3.05, 3.63) is 188 Å². The van der Waals surface area contributed by atoms with E-state index < -0.39 is 0 Å². The van der Waals surface area contributed by atoms with Gasteiger partial charge in [-0.2, -0.15) is 0 Å². The van der Waals surface area contributed by atoms with Crippen LogP contribution < -0.4 is 0 Å². The summed E-state index contributed by atoms with van der Waals surface area (Å²) in [7, 11) is 0. The summed E-state index contributed by atoms with van der Waals surface area (Å²) in [5.41, 5.74) is 8.74. The molecule has 0 radical (unpaired) electrons. The Morgan fingerprint density at radius 3 is 1.78 bits per heavy atom. The molecule has 0 amide bonds. The number of nitrogens with zero attached hydrogens (tertiary/aromatic N) is 3. The van der Waals surface area contributed by atoms with Crippen molar-refractivity contribution in [1.29, 1.82) is 0 Å². The molecule has 2 heterocycles. The fraction of sp³-hybridized carbons (Fsp3) is 0. The zero-order chi connectivity index (χ0) is 36.3. The standard InChI is InChI=1S/C51H27N3O/c1-3-13-34(14-4-1)49-52-50(35-15-5-2-6-16-35)54-51(53-49)48-43-22-12-10-20-40(43)39-19-9-11-21-42(39)47(48)33-25-23-32(24-26-33)38-27-28-41-44-29-36-17-7-8-18-37(36)30-46(44)55-45(41)31-38/h1,3-5,7,9-17,19-31H. The first kappa shape index (κ1) is 30.8. The Morgan fingerprint density at radius 1 is 0.382 bits per heavy atom. The minimum atomic E-state index is 0.582. The van der Waals surface area contributed by atoms with Crippen LogP contribution in [-0.2, 0) is 0 Å². The second kappa shape index (κ2) is 12.4. The van der Waals surface area contributed by atoms with Gasteiger partial charge in [0.05, 0.1) is 0 Å². The summed E-state index contributed by atoms with van der Waals surface area (Å²) >= 11 is 0. The lowest BCUT2D eigenvalue weighted by molar-refractivity contribution is 0.669.